The van der Waals surface area contributed by atoms with Crippen LogP contribution in [0.3, 0.4) is 0 Å². The fourth-order valence-electron chi connectivity index (χ4n) is 1.59. The second-order valence-electron chi connectivity index (χ2n) is 3.50. The molecule has 1 N–H and O–H groups in total. The molecular weight excluding hydrogens is 200 g/mol. The molecule has 2 aromatic rings. The maximum atomic E-state index is 4.31. The summed E-state index contributed by atoms with van der Waals surface area (Å²) in [7, 11) is 1.93. The summed E-state index contributed by atoms with van der Waals surface area (Å²) in [4.78, 5) is 12.5. The summed E-state index contributed by atoms with van der Waals surface area (Å²) < 4.78 is 0. The lowest BCUT2D eigenvalue weighted by atomic mass is 10.1. The van der Waals surface area contributed by atoms with Gasteiger partial charge in [0.25, 0.3) is 0 Å². The topological polar surface area (TPSA) is 50.7 Å². The number of hydrogen-bond donors (Lipinski definition) is 1. The monoisotopic (exact) mass is 214 g/mol. The van der Waals surface area contributed by atoms with Gasteiger partial charge in [0.1, 0.15) is 6.33 Å². The van der Waals surface area contributed by atoms with Crippen LogP contribution in [0.1, 0.15) is 17.4 Å². The molecule has 0 aliphatic heterocycles. The Morgan fingerprint density at radius 2 is 2.12 bits per heavy atom. The van der Waals surface area contributed by atoms with E-state index < -0.39 is 0 Å². The van der Waals surface area contributed by atoms with Crippen LogP contribution >= 0.6 is 0 Å². The maximum Gasteiger partial charge on any atom is 0.115 e. The van der Waals surface area contributed by atoms with Crippen LogP contribution in [-0.2, 0) is 6.42 Å². The van der Waals surface area contributed by atoms with Gasteiger partial charge in [-0.3, -0.25) is 4.98 Å². The third-order valence-corrected chi connectivity index (χ3v) is 2.45. The van der Waals surface area contributed by atoms with Crippen molar-refractivity contribution in [3.8, 4) is 0 Å². The van der Waals surface area contributed by atoms with Gasteiger partial charge in [-0.2, -0.15) is 0 Å². The minimum Gasteiger partial charge on any atom is -0.311 e. The predicted molar refractivity (Wildman–Crippen MR) is 61.8 cm³/mol. The van der Waals surface area contributed by atoms with E-state index >= 15 is 0 Å². The molecule has 2 rings (SSSR count). The van der Waals surface area contributed by atoms with E-state index in [0.29, 0.717) is 0 Å². The van der Waals surface area contributed by atoms with Crippen molar-refractivity contribution in [2.75, 3.05) is 7.05 Å². The number of likely N-dealkylation sites (N-methyl/N-ethyl adjacent to an activating group) is 1. The zero-order chi connectivity index (χ0) is 11.2. The second-order valence-corrected chi connectivity index (χ2v) is 3.50. The van der Waals surface area contributed by atoms with Crippen LogP contribution < -0.4 is 5.32 Å². The van der Waals surface area contributed by atoms with E-state index in [2.05, 4.69) is 20.3 Å². The van der Waals surface area contributed by atoms with Crippen molar-refractivity contribution in [1.82, 2.24) is 20.3 Å². The fraction of sp³-hybridized carbons (Fsp3) is 0.250. The third-order valence-electron chi connectivity index (χ3n) is 2.45. The number of hydrogen-bond acceptors (Lipinski definition) is 4. The van der Waals surface area contributed by atoms with Gasteiger partial charge in [0.05, 0.1) is 11.7 Å². The molecule has 0 spiro atoms. The standard InChI is InChI=1S/C12H14N4/c1-13-12(11-5-7-14-9-16-11)8-10-4-2-3-6-15-10/h2-7,9,12-13H,8H2,1H3. The smallest absolute Gasteiger partial charge is 0.115 e. The molecule has 0 fully saturated rings. The maximum absolute atomic E-state index is 4.31. The van der Waals surface area contributed by atoms with Gasteiger partial charge in [-0.05, 0) is 25.2 Å². The summed E-state index contributed by atoms with van der Waals surface area (Å²) in [5, 5.41) is 3.24. The van der Waals surface area contributed by atoms with Gasteiger partial charge < -0.3 is 5.32 Å². The van der Waals surface area contributed by atoms with E-state index in [9.17, 15) is 0 Å². The van der Waals surface area contributed by atoms with E-state index in [1.54, 1.807) is 12.5 Å². The largest absolute Gasteiger partial charge is 0.311 e. The van der Waals surface area contributed by atoms with Crippen molar-refractivity contribution in [2.45, 2.75) is 12.5 Å². The van der Waals surface area contributed by atoms with Gasteiger partial charge in [-0.25, -0.2) is 9.97 Å². The van der Waals surface area contributed by atoms with Crippen molar-refractivity contribution in [1.29, 1.82) is 0 Å². The molecule has 0 amide bonds. The molecule has 4 heteroatoms. The van der Waals surface area contributed by atoms with Crippen molar-refractivity contribution in [3.05, 3.63) is 54.4 Å². The Bertz CT molecular complexity index is 416. The highest BCUT2D eigenvalue weighted by Crippen LogP contribution is 2.13. The molecule has 0 saturated carbocycles. The minimum absolute atomic E-state index is 0.179. The summed E-state index contributed by atoms with van der Waals surface area (Å²) in [6.07, 6.45) is 5.96. The van der Waals surface area contributed by atoms with Gasteiger partial charge >= 0.3 is 0 Å². The van der Waals surface area contributed by atoms with Crippen molar-refractivity contribution in [3.63, 3.8) is 0 Å². The summed E-state index contributed by atoms with van der Waals surface area (Å²) in [5.74, 6) is 0. The van der Waals surface area contributed by atoms with Gasteiger partial charge in [0.15, 0.2) is 0 Å². The molecule has 0 aromatic carbocycles. The van der Waals surface area contributed by atoms with Crippen molar-refractivity contribution < 1.29 is 0 Å². The molecule has 1 atom stereocenters. The lowest BCUT2D eigenvalue weighted by Gasteiger charge is -2.14. The first-order chi connectivity index (χ1) is 7.90. The Hall–Kier alpha value is -1.81. The molecular formula is C12H14N4. The number of nitrogens with zero attached hydrogens (tertiary/aromatic N) is 3. The minimum atomic E-state index is 0.179. The highest BCUT2D eigenvalue weighted by Gasteiger charge is 2.11. The van der Waals surface area contributed by atoms with Crippen LogP contribution in [-0.4, -0.2) is 22.0 Å². The Kier molecular flexibility index (Phi) is 3.56. The van der Waals surface area contributed by atoms with Gasteiger partial charge in [-0.15, -0.1) is 0 Å². The number of aromatic nitrogens is 3. The number of pyridine rings is 1. The Labute approximate surface area is 94.8 Å². The Morgan fingerprint density at radius 1 is 1.19 bits per heavy atom. The van der Waals surface area contributed by atoms with Crippen LogP contribution in [0.2, 0.25) is 0 Å². The summed E-state index contributed by atoms with van der Waals surface area (Å²) >= 11 is 0. The van der Waals surface area contributed by atoms with Crippen LogP contribution in [0.25, 0.3) is 0 Å². The van der Waals surface area contributed by atoms with Gasteiger partial charge in [-0.1, -0.05) is 6.07 Å². The molecule has 1 unspecified atom stereocenters. The first-order valence-electron chi connectivity index (χ1n) is 5.23. The molecule has 82 valence electrons. The molecule has 0 aliphatic rings. The first kappa shape index (κ1) is 10.7. The first-order valence-corrected chi connectivity index (χ1v) is 5.23. The van der Waals surface area contributed by atoms with Gasteiger partial charge in [0, 0.05) is 24.5 Å². The quantitative estimate of drug-likeness (QED) is 0.835. The predicted octanol–water partition coefficient (Wildman–Crippen LogP) is 1.37. The average Bonchev–Trinajstić information content (AvgIpc) is 2.38. The number of rotatable bonds is 4. The molecule has 2 heterocycles. The van der Waals surface area contributed by atoms with E-state index in [0.717, 1.165) is 17.8 Å². The van der Waals surface area contributed by atoms with Gasteiger partial charge in [0.2, 0.25) is 0 Å². The lowest BCUT2D eigenvalue weighted by Crippen LogP contribution is -2.20. The fourth-order valence-corrected chi connectivity index (χ4v) is 1.59. The Balaban J connectivity index is 2.13. The van der Waals surface area contributed by atoms with E-state index in [1.807, 2.05) is 37.5 Å². The number of nitrogens with one attached hydrogen (secondary N) is 1. The highest BCUT2D eigenvalue weighted by atomic mass is 14.9. The molecule has 16 heavy (non-hydrogen) atoms. The molecule has 0 bridgehead atoms. The lowest BCUT2D eigenvalue weighted by molar-refractivity contribution is 0.567. The molecule has 0 saturated heterocycles. The van der Waals surface area contributed by atoms with Crippen molar-refractivity contribution >= 4 is 0 Å². The summed E-state index contributed by atoms with van der Waals surface area (Å²) in [6, 6.07) is 8.03. The molecule has 2 aromatic heterocycles. The van der Waals surface area contributed by atoms with Crippen LogP contribution in [0.15, 0.2) is 43.0 Å². The SMILES string of the molecule is CNC(Cc1ccccn1)c1ccncn1. The average molecular weight is 214 g/mol. The zero-order valence-electron chi connectivity index (χ0n) is 9.17. The van der Waals surface area contributed by atoms with E-state index in [-0.39, 0.29) is 6.04 Å². The highest BCUT2D eigenvalue weighted by molar-refractivity contribution is 5.11. The zero-order valence-corrected chi connectivity index (χ0v) is 9.17. The molecule has 0 aliphatic carbocycles. The summed E-state index contributed by atoms with van der Waals surface area (Å²) in [5.41, 5.74) is 2.05. The van der Waals surface area contributed by atoms with E-state index in [1.165, 1.54) is 0 Å². The van der Waals surface area contributed by atoms with Crippen LogP contribution in [0.5, 0.6) is 0 Å². The molecule has 4 nitrogen and oxygen atoms in total. The van der Waals surface area contributed by atoms with E-state index in [4.69, 9.17) is 0 Å². The second kappa shape index (κ2) is 5.32. The third kappa shape index (κ3) is 2.61. The van der Waals surface area contributed by atoms with Crippen LogP contribution in [0.4, 0.5) is 0 Å². The Morgan fingerprint density at radius 3 is 2.75 bits per heavy atom. The molecule has 0 radical (unpaired) electrons. The normalized spacial score (nSPS) is 12.3. The summed E-state index contributed by atoms with van der Waals surface area (Å²) in [6.45, 7) is 0. The van der Waals surface area contributed by atoms with Crippen molar-refractivity contribution in [2.24, 2.45) is 0 Å². The van der Waals surface area contributed by atoms with Crippen LogP contribution in [0, 0.1) is 0 Å².